The van der Waals surface area contributed by atoms with Crippen LogP contribution in [-0.2, 0) is 24.3 Å². The van der Waals surface area contributed by atoms with Crippen molar-refractivity contribution in [3.05, 3.63) is 29.1 Å². The molecule has 0 radical (unpaired) electrons. The van der Waals surface area contributed by atoms with E-state index in [4.69, 9.17) is 4.74 Å². The Morgan fingerprint density at radius 2 is 2.21 bits per heavy atom. The molecule has 0 spiro atoms. The molecule has 2 heterocycles. The van der Waals surface area contributed by atoms with E-state index in [0.717, 1.165) is 23.1 Å². The molecular formula is C14H20N2O3. The van der Waals surface area contributed by atoms with Crippen LogP contribution in [0.3, 0.4) is 0 Å². The van der Waals surface area contributed by atoms with Crippen LogP contribution >= 0.6 is 0 Å². The number of hydrogen-bond acceptors (Lipinski definition) is 4. The molecular weight excluding hydrogens is 244 g/mol. The van der Waals surface area contributed by atoms with Crippen LogP contribution in [0.1, 0.15) is 37.5 Å². The van der Waals surface area contributed by atoms with Gasteiger partial charge in [-0.3, -0.25) is 4.98 Å². The third-order valence-corrected chi connectivity index (χ3v) is 3.06. The SMILES string of the molecule is CC(C)(C)OC(=O)N1CCc2cncc(CO)c2C1. The van der Waals surface area contributed by atoms with Gasteiger partial charge in [-0.05, 0) is 38.3 Å². The van der Waals surface area contributed by atoms with Gasteiger partial charge in [-0.2, -0.15) is 0 Å². The average Bonchev–Trinajstić information content (AvgIpc) is 2.35. The molecule has 1 aliphatic rings. The summed E-state index contributed by atoms with van der Waals surface area (Å²) in [5, 5.41) is 9.33. The van der Waals surface area contributed by atoms with E-state index in [1.165, 1.54) is 0 Å². The van der Waals surface area contributed by atoms with E-state index in [2.05, 4.69) is 4.98 Å². The molecule has 1 N–H and O–H groups in total. The number of amides is 1. The second-order valence-corrected chi connectivity index (χ2v) is 5.75. The lowest BCUT2D eigenvalue weighted by Gasteiger charge is -2.31. The maximum Gasteiger partial charge on any atom is 0.410 e. The number of aliphatic hydroxyl groups excluding tert-OH is 1. The van der Waals surface area contributed by atoms with Crippen LogP contribution in [-0.4, -0.2) is 33.2 Å². The van der Waals surface area contributed by atoms with E-state index in [0.29, 0.717) is 13.1 Å². The smallest absolute Gasteiger partial charge is 0.410 e. The molecule has 1 aliphatic heterocycles. The first-order valence-electron chi connectivity index (χ1n) is 6.44. The van der Waals surface area contributed by atoms with Crippen molar-refractivity contribution < 1.29 is 14.6 Å². The van der Waals surface area contributed by atoms with Gasteiger partial charge in [-0.15, -0.1) is 0 Å². The van der Waals surface area contributed by atoms with Crippen LogP contribution in [0.5, 0.6) is 0 Å². The molecule has 0 atom stereocenters. The quantitative estimate of drug-likeness (QED) is 0.841. The molecule has 0 unspecified atom stereocenters. The molecule has 19 heavy (non-hydrogen) atoms. The van der Waals surface area contributed by atoms with Crippen molar-refractivity contribution in [2.24, 2.45) is 0 Å². The van der Waals surface area contributed by atoms with E-state index in [-0.39, 0.29) is 12.7 Å². The third kappa shape index (κ3) is 3.23. The summed E-state index contributed by atoms with van der Waals surface area (Å²) in [6.45, 7) is 6.60. The van der Waals surface area contributed by atoms with Gasteiger partial charge in [0.15, 0.2) is 0 Å². The molecule has 104 valence electrons. The highest BCUT2D eigenvalue weighted by Gasteiger charge is 2.26. The molecule has 1 amide bonds. The molecule has 1 aromatic heterocycles. The summed E-state index contributed by atoms with van der Waals surface area (Å²) >= 11 is 0. The number of fused-ring (bicyclic) bond motifs is 1. The monoisotopic (exact) mass is 264 g/mol. The summed E-state index contributed by atoms with van der Waals surface area (Å²) in [6.07, 6.45) is 3.90. The largest absolute Gasteiger partial charge is 0.444 e. The maximum absolute atomic E-state index is 12.0. The number of carbonyl (C=O) groups excluding carboxylic acids is 1. The van der Waals surface area contributed by atoms with Crippen LogP contribution in [0.15, 0.2) is 12.4 Å². The summed E-state index contributed by atoms with van der Waals surface area (Å²) in [6, 6.07) is 0. The minimum atomic E-state index is -0.491. The van der Waals surface area contributed by atoms with Gasteiger partial charge in [0.1, 0.15) is 5.60 Å². The highest BCUT2D eigenvalue weighted by molar-refractivity contribution is 5.68. The fourth-order valence-corrected chi connectivity index (χ4v) is 2.14. The zero-order chi connectivity index (χ0) is 14.0. The molecule has 0 aliphatic carbocycles. The van der Waals surface area contributed by atoms with Gasteiger partial charge in [0, 0.05) is 31.0 Å². The molecule has 2 rings (SSSR count). The predicted octanol–water partition coefficient (Wildman–Crippen LogP) is 1.87. The van der Waals surface area contributed by atoms with Gasteiger partial charge in [-0.1, -0.05) is 0 Å². The minimum Gasteiger partial charge on any atom is -0.444 e. The second kappa shape index (κ2) is 5.17. The Morgan fingerprint density at radius 1 is 1.47 bits per heavy atom. The van der Waals surface area contributed by atoms with Gasteiger partial charge in [0.05, 0.1) is 6.61 Å². The third-order valence-electron chi connectivity index (χ3n) is 3.06. The highest BCUT2D eigenvalue weighted by Crippen LogP contribution is 2.23. The van der Waals surface area contributed by atoms with Crippen molar-refractivity contribution in [2.75, 3.05) is 6.54 Å². The van der Waals surface area contributed by atoms with Gasteiger partial charge in [0.2, 0.25) is 0 Å². The van der Waals surface area contributed by atoms with Crippen LogP contribution < -0.4 is 0 Å². The summed E-state index contributed by atoms with van der Waals surface area (Å²) in [5.41, 5.74) is 2.39. The molecule has 0 aromatic carbocycles. The summed E-state index contributed by atoms with van der Waals surface area (Å²) in [7, 11) is 0. The second-order valence-electron chi connectivity index (χ2n) is 5.75. The highest BCUT2D eigenvalue weighted by atomic mass is 16.6. The van der Waals surface area contributed by atoms with Crippen molar-refractivity contribution in [1.82, 2.24) is 9.88 Å². The van der Waals surface area contributed by atoms with Crippen LogP contribution in [0.4, 0.5) is 4.79 Å². The van der Waals surface area contributed by atoms with Crippen molar-refractivity contribution in [3.63, 3.8) is 0 Å². The molecule has 5 heteroatoms. The number of carbonyl (C=O) groups is 1. The van der Waals surface area contributed by atoms with Crippen LogP contribution in [0, 0.1) is 0 Å². The van der Waals surface area contributed by atoms with E-state index in [9.17, 15) is 9.90 Å². The van der Waals surface area contributed by atoms with E-state index in [1.807, 2.05) is 20.8 Å². The minimum absolute atomic E-state index is 0.0572. The Hall–Kier alpha value is -1.62. The first-order chi connectivity index (χ1) is 8.90. The first-order valence-corrected chi connectivity index (χ1v) is 6.44. The van der Waals surface area contributed by atoms with E-state index >= 15 is 0 Å². The van der Waals surface area contributed by atoms with Gasteiger partial charge in [0.25, 0.3) is 0 Å². The number of aromatic nitrogens is 1. The number of hydrogen-bond donors (Lipinski definition) is 1. The lowest BCUT2D eigenvalue weighted by molar-refractivity contribution is 0.0222. The summed E-state index contributed by atoms with van der Waals surface area (Å²) in [4.78, 5) is 17.8. The van der Waals surface area contributed by atoms with Crippen molar-refractivity contribution in [1.29, 1.82) is 0 Å². The number of aliphatic hydroxyl groups is 1. The summed E-state index contributed by atoms with van der Waals surface area (Å²) in [5.74, 6) is 0. The molecule has 0 saturated carbocycles. The number of ether oxygens (including phenoxy) is 1. The van der Waals surface area contributed by atoms with Crippen molar-refractivity contribution in [2.45, 2.75) is 45.9 Å². The molecule has 1 aromatic rings. The zero-order valence-electron chi connectivity index (χ0n) is 11.6. The van der Waals surface area contributed by atoms with Crippen LogP contribution in [0.2, 0.25) is 0 Å². The van der Waals surface area contributed by atoms with E-state index < -0.39 is 5.60 Å². The standard InChI is InChI=1S/C14H20N2O3/c1-14(2,3)19-13(18)16-5-4-10-6-15-7-11(9-17)12(10)8-16/h6-7,17H,4-5,8-9H2,1-3H3. The van der Waals surface area contributed by atoms with Crippen molar-refractivity contribution in [3.8, 4) is 0 Å². The van der Waals surface area contributed by atoms with E-state index in [1.54, 1.807) is 17.3 Å². The zero-order valence-corrected chi connectivity index (χ0v) is 11.6. The Labute approximate surface area is 113 Å². The first kappa shape index (κ1) is 13.8. The van der Waals surface area contributed by atoms with Gasteiger partial charge in [-0.25, -0.2) is 4.79 Å². The van der Waals surface area contributed by atoms with Crippen LogP contribution in [0.25, 0.3) is 0 Å². The Morgan fingerprint density at radius 3 is 2.84 bits per heavy atom. The lowest BCUT2D eigenvalue weighted by Crippen LogP contribution is -2.40. The van der Waals surface area contributed by atoms with Gasteiger partial charge >= 0.3 is 6.09 Å². The molecule has 5 nitrogen and oxygen atoms in total. The normalized spacial score (nSPS) is 15.1. The number of pyridine rings is 1. The lowest BCUT2D eigenvalue weighted by atomic mass is 9.98. The Kier molecular flexibility index (Phi) is 3.75. The Bertz CT molecular complexity index is 466. The van der Waals surface area contributed by atoms with Crippen molar-refractivity contribution >= 4 is 6.09 Å². The Balaban J connectivity index is 2.15. The number of rotatable bonds is 1. The number of nitrogens with zero attached hydrogens (tertiary/aromatic N) is 2. The average molecular weight is 264 g/mol. The molecule has 0 fully saturated rings. The molecule has 0 bridgehead atoms. The maximum atomic E-state index is 12.0. The fraction of sp³-hybridized carbons (Fsp3) is 0.571. The summed E-state index contributed by atoms with van der Waals surface area (Å²) < 4.78 is 5.37. The van der Waals surface area contributed by atoms with Gasteiger partial charge < -0.3 is 14.7 Å². The predicted molar refractivity (Wildman–Crippen MR) is 70.5 cm³/mol. The molecule has 0 saturated heterocycles. The topological polar surface area (TPSA) is 62.7 Å². The fourth-order valence-electron chi connectivity index (χ4n) is 2.14.